The molecule has 0 saturated carbocycles. The van der Waals surface area contributed by atoms with Gasteiger partial charge >= 0.3 is 0 Å². The standard InChI is InChI=1S/C15H12BrN5O2/c1-23-10-2-3-12(16)11(6-10)15(22)20-13-7-14(19-8-18-13)21-5-4-17-9-21/h2-9H,1H3,(H,18,19,20,22). The average Bonchev–Trinajstić information content (AvgIpc) is 3.10. The van der Waals surface area contributed by atoms with Crippen LogP contribution in [0.15, 0.2) is 53.8 Å². The number of ether oxygens (including phenoxy) is 1. The van der Waals surface area contributed by atoms with Crippen LogP contribution in [0.4, 0.5) is 5.82 Å². The molecule has 0 bridgehead atoms. The van der Waals surface area contributed by atoms with Crippen molar-refractivity contribution in [2.75, 3.05) is 12.4 Å². The molecule has 0 saturated heterocycles. The molecule has 0 atom stereocenters. The number of anilines is 1. The third-order valence-corrected chi connectivity index (χ3v) is 3.77. The molecule has 7 nitrogen and oxygen atoms in total. The smallest absolute Gasteiger partial charge is 0.258 e. The highest BCUT2D eigenvalue weighted by atomic mass is 79.9. The van der Waals surface area contributed by atoms with E-state index in [-0.39, 0.29) is 5.91 Å². The van der Waals surface area contributed by atoms with Crippen LogP contribution in [0.25, 0.3) is 5.82 Å². The molecule has 0 aliphatic carbocycles. The third-order valence-electron chi connectivity index (χ3n) is 3.08. The molecule has 0 aliphatic heterocycles. The average molecular weight is 374 g/mol. The van der Waals surface area contributed by atoms with E-state index in [9.17, 15) is 4.79 Å². The van der Waals surface area contributed by atoms with Gasteiger partial charge in [-0.1, -0.05) is 0 Å². The fraction of sp³-hybridized carbons (Fsp3) is 0.0667. The molecule has 0 unspecified atom stereocenters. The Bertz CT molecular complexity index is 836. The number of methoxy groups -OCH3 is 1. The maximum absolute atomic E-state index is 12.4. The van der Waals surface area contributed by atoms with Crippen molar-refractivity contribution in [2.24, 2.45) is 0 Å². The maximum atomic E-state index is 12.4. The van der Waals surface area contributed by atoms with E-state index in [1.807, 2.05) is 0 Å². The Hall–Kier alpha value is -2.74. The number of hydrogen-bond donors (Lipinski definition) is 1. The van der Waals surface area contributed by atoms with E-state index in [0.29, 0.717) is 27.4 Å². The molecule has 23 heavy (non-hydrogen) atoms. The van der Waals surface area contributed by atoms with Gasteiger partial charge in [-0.25, -0.2) is 15.0 Å². The van der Waals surface area contributed by atoms with Crippen molar-refractivity contribution in [1.29, 1.82) is 0 Å². The van der Waals surface area contributed by atoms with Gasteiger partial charge in [0.2, 0.25) is 0 Å². The van der Waals surface area contributed by atoms with Crippen molar-refractivity contribution in [3.05, 3.63) is 59.3 Å². The molecule has 3 aromatic rings. The number of rotatable bonds is 4. The summed E-state index contributed by atoms with van der Waals surface area (Å²) < 4.78 is 7.53. The minimum Gasteiger partial charge on any atom is -0.497 e. The van der Waals surface area contributed by atoms with Crippen molar-refractivity contribution < 1.29 is 9.53 Å². The van der Waals surface area contributed by atoms with Crippen molar-refractivity contribution in [3.8, 4) is 11.6 Å². The molecule has 2 heterocycles. The number of carbonyl (C=O) groups excluding carboxylic acids is 1. The Morgan fingerprint density at radius 1 is 1.30 bits per heavy atom. The largest absolute Gasteiger partial charge is 0.497 e. The number of benzene rings is 1. The van der Waals surface area contributed by atoms with Gasteiger partial charge in [-0.3, -0.25) is 9.36 Å². The molecule has 8 heteroatoms. The number of hydrogen-bond acceptors (Lipinski definition) is 5. The Morgan fingerprint density at radius 2 is 2.17 bits per heavy atom. The van der Waals surface area contributed by atoms with Crippen molar-refractivity contribution in [2.45, 2.75) is 0 Å². The van der Waals surface area contributed by atoms with Crippen molar-refractivity contribution >= 4 is 27.7 Å². The van der Waals surface area contributed by atoms with Crippen LogP contribution in [0.2, 0.25) is 0 Å². The Kier molecular flexibility index (Phi) is 4.33. The SMILES string of the molecule is COc1ccc(Br)c(C(=O)Nc2cc(-n3ccnc3)ncn2)c1. The molecule has 3 rings (SSSR count). The van der Waals surface area contributed by atoms with E-state index in [2.05, 4.69) is 36.2 Å². The fourth-order valence-corrected chi connectivity index (χ4v) is 2.37. The molecule has 1 N–H and O–H groups in total. The molecular formula is C15H12BrN5O2. The minimum atomic E-state index is -0.300. The molecular weight excluding hydrogens is 362 g/mol. The first-order chi connectivity index (χ1) is 11.2. The summed E-state index contributed by atoms with van der Waals surface area (Å²) in [4.78, 5) is 24.6. The van der Waals surface area contributed by atoms with E-state index < -0.39 is 0 Å². The second kappa shape index (κ2) is 6.57. The van der Waals surface area contributed by atoms with Crippen LogP contribution in [-0.2, 0) is 0 Å². The summed E-state index contributed by atoms with van der Waals surface area (Å²) >= 11 is 3.36. The predicted molar refractivity (Wildman–Crippen MR) is 87.8 cm³/mol. The Morgan fingerprint density at radius 3 is 2.91 bits per heavy atom. The number of aromatic nitrogens is 4. The van der Waals surface area contributed by atoms with Crippen LogP contribution in [-0.4, -0.2) is 32.5 Å². The molecule has 0 fully saturated rings. The molecule has 1 aromatic carbocycles. The Balaban J connectivity index is 1.85. The first-order valence-electron chi connectivity index (χ1n) is 6.62. The van der Waals surface area contributed by atoms with Gasteiger partial charge in [0.05, 0.1) is 12.7 Å². The summed E-state index contributed by atoms with van der Waals surface area (Å²) in [7, 11) is 1.55. The number of halogens is 1. The number of nitrogens with zero attached hydrogens (tertiary/aromatic N) is 4. The van der Waals surface area contributed by atoms with Crippen LogP contribution >= 0.6 is 15.9 Å². The van der Waals surface area contributed by atoms with E-state index in [1.54, 1.807) is 54.7 Å². The number of imidazole rings is 1. The van der Waals surface area contributed by atoms with Gasteiger partial charge in [-0.15, -0.1) is 0 Å². The molecule has 116 valence electrons. The van der Waals surface area contributed by atoms with Gasteiger partial charge in [-0.2, -0.15) is 0 Å². The lowest BCUT2D eigenvalue weighted by Gasteiger charge is -2.09. The van der Waals surface area contributed by atoms with Gasteiger partial charge in [-0.05, 0) is 34.1 Å². The van der Waals surface area contributed by atoms with Crippen molar-refractivity contribution in [3.63, 3.8) is 0 Å². The highest BCUT2D eigenvalue weighted by Gasteiger charge is 2.13. The first kappa shape index (κ1) is 15.2. The molecule has 1 amide bonds. The zero-order valence-corrected chi connectivity index (χ0v) is 13.7. The lowest BCUT2D eigenvalue weighted by atomic mass is 10.2. The topological polar surface area (TPSA) is 81.9 Å². The zero-order valence-electron chi connectivity index (χ0n) is 12.1. The molecule has 0 spiro atoms. The van der Waals surface area contributed by atoms with E-state index >= 15 is 0 Å². The summed E-state index contributed by atoms with van der Waals surface area (Å²) in [6.07, 6.45) is 6.40. The minimum absolute atomic E-state index is 0.300. The van der Waals surface area contributed by atoms with Gasteiger partial charge < -0.3 is 10.1 Å². The summed E-state index contributed by atoms with van der Waals surface area (Å²) in [6.45, 7) is 0. The number of nitrogens with one attached hydrogen (secondary N) is 1. The highest BCUT2D eigenvalue weighted by molar-refractivity contribution is 9.10. The fourth-order valence-electron chi connectivity index (χ4n) is 1.94. The molecule has 2 aromatic heterocycles. The van der Waals surface area contributed by atoms with E-state index in [1.165, 1.54) is 6.33 Å². The van der Waals surface area contributed by atoms with Gasteiger partial charge in [0.1, 0.15) is 30.0 Å². The van der Waals surface area contributed by atoms with Crippen LogP contribution in [0.3, 0.4) is 0 Å². The summed E-state index contributed by atoms with van der Waals surface area (Å²) in [5.41, 5.74) is 0.451. The monoisotopic (exact) mass is 373 g/mol. The van der Waals surface area contributed by atoms with E-state index in [0.717, 1.165) is 0 Å². The van der Waals surface area contributed by atoms with Crippen LogP contribution in [0, 0.1) is 0 Å². The quantitative estimate of drug-likeness (QED) is 0.760. The second-order valence-corrected chi connectivity index (χ2v) is 5.39. The van der Waals surface area contributed by atoms with Gasteiger partial charge in [0.15, 0.2) is 0 Å². The maximum Gasteiger partial charge on any atom is 0.258 e. The third kappa shape index (κ3) is 3.37. The zero-order chi connectivity index (χ0) is 16.2. The highest BCUT2D eigenvalue weighted by Crippen LogP contribution is 2.23. The van der Waals surface area contributed by atoms with Crippen LogP contribution in [0.1, 0.15) is 10.4 Å². The Labute approximate surface area is 140 Å². The van der Waals surface area contributed by atoms with Gasteiger partial charge in [0, 0.05) is 22.9 Å². The number of amides is 1. The number of carbonyl (C=O) groups is 1. The van der Waals surface area contributed by atoms with Crippen LogP contribution in [0.5, 0.6) is 5.75 Å². The lowest BCUT2D eigenvalue weighted by molar-refractivity contribution is 0.102. The lowest BCUT2D eigenvalue weighted by Crippen LogP contribution is -2.14. The summed E-state index contributed by atoms with van der Waals surface area (Å²) in [5, 5.41) is 2.74. The van der Waals surface area contributed by atoms with E-state index in [4.69, 9.17) is 4.74 Å². The van der Waals surface area contributed by atoms with Gasteiger partial charge in [0.25, 0.3) is 5.91 Å². The normalized spacial score (nSPS) is 10.3. The molecule has 0 radical (unpaired) electrons. The predicted octanol–water partition coefficient (Wildman–Crippen LogP) is 2.69. The first-order valence-corrected chi connectivity index (χ1v) is 7.42. The summed E-state index contributed by atoms with van der Waals surface area (Å²) in [5.74, 6) is 1.30. The molecule has 0 aliphatic rings. The van der Waals surface area contributed by atoms with Crippen molar-refractivity contribution in [1.82, 2.24) is 19.5 Å². The second-order valence-electron chi connectivity index (χ2n) is 4.53. The van der Waals surface area contributed by atoms with Crippen LogP contribution < -0.4 is 10.1 Å². The summed E-state index contributed by atoms with van der Waals surface area (Å²) in [6, 6.07) is 6.83.